The van der Waals surface area contributed by atoms with E-state index in [4.69, 9.17) is 5.73 Å². The van der Waals surface area contributed by atoms with Gasteiger partial charge in [-0.15, -0.1) is 10.2 Å². The molecular weight excluding hydrogens is 196 g/mol. The lowest BCUT2D eigenvalue weighted by atomic mass is 10.1. The Balaban J connectivity index is 2.51. The predicted octanol–water partition coefficient (Wildman–Crippen LogP) is 1.74. The van der Waals surface area contributed by atoms with Crippen molar-refractivity contribution < 1.29 is 0 Å². The first-order chi connectivity index (χ1) is 6.67. The van der Waals surface area contributed by atoms with Crippen LogP contribution in [0, 0.1) is 0 Å². The Morgan fingerprint density at radius 2 is 2.00 bits per heavy atom. The van der Waals surface area contributed by atoms with Crippen LogP contribution in [-0.2, 0) is 6.54 Å². The highest BCUT2D eigenvalue weighted by Gasteiger charge is 2.12. The molecule has 80 valence electrons. The highest BCUT2D eigenvalue weighted by Crippen LogP contribution is 2.15. The van der Waals surface area contributed by atoms with Gasteiger partial charge in [0.15, 0.2) is 0 Å². The summed E-state index contributed by atoms with van der Waals surface area (Å²) in [5.74, 6) is 0. The van der Waals surface area contributed by atoms with Crippen LogP contribution in [-0.4, -0.2) is 28.2 Å². The lowest BCUT2D eigenvalue weighted by Crippen LogP contribution is -2.29. The number of nitrogens with zero attached hydrogens (tertiary/aromatic N) is 3. The van der Waals surface area contributed by atoms with E-state index in [0.29, 0.717) is 11.2 Å². The smallest absolute Gasteiger partial charge is 0.203 e. The van der Waals surface area contributed by atoms with E-state index in [0.717, 1.165) is 11.6 Å². The number of anilines is 1. The first kappa shape index (κ1) is 11.4. The lowest BCUT2D eigenvalue weighted by molar-refractivity contribution is 0.221. The molecule has 0 spiro atoms. The van der Waals surface area contributed by atoms with Crippen LogP contribution in [0.1, 0.15) is 31.7 Å². The molecule has 0 aliphatic carbocycles. The summed E-state index contributed by atoms with van der Waals surface area (Å²) in [6.07, 6.45) is 2.34. The summed E-state index contributed by atoms with van der Waals surface area (Å²) in [7, 11) is 2.12. The number of hydrogen-bond donors (Lipinski definition) is 1. The molecule has 14 heavy (non-hydrogen) atoms. The van der Waals surface area contributed by atoms with E-state index in [9.17, 15) is 0 Å². The second-order valence-corrected chi connectivity index (χ2v) is 4.51. The molecule has 0 amide bonds. The zero-order valence-electron chi connectivity index (χ0n) is 9.03. The van der Waals surface area contributed by atoms with Gasteiger partial charge in [0.25, 0.3) is 0 Å². The van der Waals surface area contributed by atoms with Crippen LogP contribution < -0.4 is 5.73 Å². The summed E-state index contributed by atoms with van der Waals surface area (Å²) >= 11 is 1.47. The van der Waals surface area contributed by atoms with Crippen molar-refractivity contribution in [1.82, 2.24) is 15.1 Å². The van der Waals surface area contributed by atoms with Gasteiger partial charge < -0.3 is 5.73 Å². The molecule has 0 bridgehead atoms. The van der Waals surface area contributed by atoms with Gasteiger partial charge in [-0.1, -0.05) is 25.2 Å². The van der Waals surface area contributed by atoms with Crippen LogP contribution in [0.5, 0.6) is 0 Å². The molecule has 5 heteroatoms. The maximum absolute atomic E-state index is 5.52. The van der Waals surface area contributed by atoms with Crippen molar-refractivity contribution in [3.63, 3.8) is 0 Å². The Kier molecular flexibility index (Phi) is 4.28. The maximum Gasteiger partial charge on any atom is 0.203 e. The van der Waals surface area contributed by atoms with Gasteiger partial charge in [0, 0.05) is 6.04 Å². The number of rotatable bonds is 5. The van der Waals surface area contributed by atoms with E-state index in [-0.39, 0.29) is 0 Å². The van der Waals surface area contributed by atoms with Gasteiger partial charge in [0.2, 0.25) is 5.13 Å². The quantitative estimate of drug-likeness (QED) is 0.811. The Morgan fingerprint density at radius 1 is 1.36 bits per heavy atom. The third-order valence-corrected chi connectivity index (χ3v) is 3.17. The summed E-state index contributed by atoms with van der Waals surface area (Å²) in [5.41, 5.74) is 5.52. The van der Waals surface area contributed by atoms with Gasteiger partial charge in [0.1, 0.15) is 5.01 Å². The van der Waals surface area contributed by atoms with Gasteiger partial charge in [-0.25, -0.2) is 0 Å². The molecule has 0 saturated carbocycles. The summed E-state index contributed by atoms with van der Waals surface area (Å²) < 4.78 is 0. The second-order valence-electron chi connectivity index (χ2n) is 3.42. The summed E-state index contributed by atoms with van der Waals surface area (Å²) in [4.78, 5) is 2.31. The number of nitrogen functional groups attached to an aromatic ring is 1. The minimum Gasteiger partial charge on any atom is -0.374 e. The molecule has 0 fully saturated rings. The van der Waals surface area contributed by atoms with Gasteiger partial charge >= 0.3 is 0 Å². The molecule has 0 unspecified atom stereocenters. The van der Waals surface area contributed by atoms with Crippen LogP contribution in [0.4, 0.5) is 5.13 Å². The molecule has 1 heterocycles. The number of hydrogen-bond acceptors (Lipinski definition) is 5. The zero-order chi connectivity index (χ0) is 10.6. The average Bonchev–Trinajstić information content (AvgIpc) is 2.53. The third-order valence-electron chi connectivity index (χ3n) is 2.43. The van der Waals surface area contributed by atoms with Crippen molar-refractivity contribution in [2.45, 2.75) is 39.3 Å². The molecule has 1 rings (SSSR count). The maximum atomic E-state index is 5.52. The molecule has 0 aliphatic heterocycles. The van der Waals surface area contributed by atoms with Gasteiger partial charge in [-0.3, -0.25) is 4.90 Å². The lowest BCUT2D eigenvalue weighted by Gasteiger charge is -2.24. The fraction of sp³-hybridized carbons (Fsp3) is 0.778. The Bertz CT molecular complexity index is 270. The zero-order valence-corrected chi connectivity index (χ0v) is 9.84. The summed E-state index contributed by atoms with van der Waals surface area (Å²) in [6, 6.07) is 0.625. The molecular formula is C9H18N4S. The van der Waals surface area contributed by atoms with Gasteiger partial charge in [-0.2, -0.15) is 0 Å². The molecule has 0 aliphatic rings. The van der Waals surface area contributed by atoms with Crippen LogP contribution in [0.3, 0.4) is 0 Å². The van der Waals surface area contributed by atoms with E-state index in [2.05, 4.69) is 36.0 Å². The van der Waals surface area contributed by atoms with Crippen molar-refractivity contribution in [3.05, 3.63) is 5.01 Å². The molecule has 2 N–H and O–H groups in total. The molecule has 1 aromatic heterocycles. The fourth-order valence-corrected chi connectivity index (χ4v) is 2.26. The van der Waals surface area contributed by atoms with E-state index in [1.807, 2.05) is 0 Å². The molecule has 0 aromatic carbocycles. The van der Waals surface area contributed by atoms with Crippen molar-refractivity contribution in [2.24, 2.45) is 0 Å². The Labute approximate surface area is 89.1 Å². The van der Waals surface area contributed by atoms with Gasteiger partial charge in [0.05, 0.1) is 6.54 Å². The SMILES string of the molecule is CCC(CC)N(C)Cc1nnc(N)s1. The van der Waals surface area contributed by atoms with Crippen molar-refractivity contribution in [3.8, 4) is 0 Å². The molecule has 0 atom stereocenters. The summed E-state index contributed by atoms with van der Waals surface area (Å²) in [6.45, 7) is 5.26. The molecule has 4 nitrogen and oxygen atoms in total. The van der Waals surface area contributed by atoms with Crippen LogP contribution in [0.25, 0.3) is 0 Å². The van der Waals surface area contributed by atoms with E-state index < -0.39 is 0 Å². The van der Waals surface area contributed by atoms with Gasteiger partial charge in [-0.05, 0) is 19.9 Å². The normalized spacial score (nSPS) is 11.5. The fourth-order valence-electron chi connectivity index (χ4n) is 1.58. The van der Waals surface area contributed by atoms with Crippen molar-refractivity contribution in [2.75, 3.05) is 12.8 Å². The number of nitrogens with two attached hydrogens (primary N) is 1. The van der Waals surface area contributed by atoms with Crippen LogP contribution in [0.2, 0.25) is 0 Å². The molecule has 1 aromatic rings. The first-order valence-electron chi connectivity index (χ1n) is 4.95. The second kappa shape index (κ2) is 5.26. The number of aromatic nitrogens is 2. The molecule has 0 saturated heterocycles. The minimum atomic E-state index is 0.554. The Hall–Kier alpha value is -0.680. The minimum absolute atomic E-state index is 0.554. The monoisotopic (exact) mass is 214 g/mol. The first-order valence-corrected chi connectivity index (χ1v) is 5.77. The standard InChI is InChI=1S/C9H18N4S/c1-4-7(5-2)13(3)6-8-11-12-9(10)14-8/h7H,4-6H2,1-3H3,(H2,10,12). The van der Waals surface area contributed by atoms with E-state index >= 15 is 0 Å². The highest BCUT2D eigenvalue weighted by molar-refractivity contribution is 7.15. The van der Waals surface area contributed by atoms with E-state index in [1.165, 1.54) is 24.2 Å². The highest BCUT2D eigenvalue weighted by atomic mass is 32.1. The van der Waals surface area contributed by atoms with Crippen molar-refractivity contribution >= 4 is 16.5 Å². The Morgan fingerprint density at radius 3 is 2.43 bits per heavy atom. The summed E-state index contributed by atoms with van der Waals surface area (Å²) in [5, 5.41) is 9.36. The largest absolute Gasteiger partial charge is 0.374 e. The van der Waals surface area contributed by atoms with E-state index in [1.54, 1.807) is 0 Å². The topological polar surface area (TPSA) is 55.0 Å². The third kappa shape index (κ3) is 2.92. The average molecular weight is 214 g/mol. The predicted molar refractivity (Wildman–Crippen MR) is 60.2 cm³/mol. The van der Waals surface area contributed by atoms with Crippen LogP contribution >= 0.6 is 11.3 Å². The van der Waals surface area contributed by atoms with Crippen LogP contribution in [0.15, 0.2) is 0 Å². The molecule has 0 radical (unpaired) electrons. The van der Waals surface area contributed by atoms with Crippen molar-refractivity contribution in [1.29, 1.82) is 0 Å².